The maximum atomic E-state index is 13.9. The highest BCUT2D eigenvalue weighted by atomic mass is 16.6. The van der Waals surface area contributed by atoms with E-state index in [4.69, 9.17) is 9.47 Å². The van der Waals surface area contributed by atoms with Gasteiger partial charge in [0, 0.05) is 17.8 Å². The molecule has 3 N–H and O–H groups in total. The molecule has 0 bridgehead atoms. The maximum absolute atomic E-state index is 13.9. The van der Waals surface area contributed by atoms with Gasteiger partial charge < -0.3 is 24.8 Å². The molecule has 2 saturated carbocycles. The van der Waals surface area contributed by atoms with Gasteiger partial charge >= 0.3 is 5.97 Å². The van der Waals surface area contributed by atoms with Crippen molar-refractivity contribution in [2.75, 3.05) is 19.6 Å². The molecule has 0 spiro atoms. The number of aliphatic hydroxyl groups is 3. The van der Waals surface area contributed by atoms with Crippen molar-refractivity contribution >= 4 is 11.8 Å². The van der Waals surface area contributed by atoms with Crippen LogP contribution in [0.25, 0.3) is 0 Å². The number of Topliss-reactive ketones (excluding diaryl/α,β-unsaturated/α-hetero) is 1. The highest BCUT2D eigenvalue weighted by Gasteiger charge is 2.81. The predicted octanol–water partition coefficient (Wildman–Crippen LogP) is 1.99. The van der Waals surface area contributed by atoms with Crippen LogP contribution in [-0.2, 0) is 19.1 Å². The van der Waals surface area contributed by atoms with Crippen LogP contribution in [0.4, 0.5) is 0 Å². The molecule has 4 fully saturated rings. The summed E-state index contributed by atoms with van der Waals surface area (Å²) in [5.74, 6) is -1.62. The fourth-order valence-electron chi connectivity index (χ4n) is 7.97. The number of hydrogen-bond acceptors (Lipinski definition) is 8. The summed E-state index contributed by atoms with van der Waals surface area (Å²) < 4.78 is 12.3. The van der Waals surface area contributed by atoms with Crippen molar-refractivity contribution in [2.45, 2.75) is 108 Å². The van der Waals surface area contributed by atoms with Gasteiger partial charge in [-0.05, 0) is 58.0 Å². The third kappa shape index (κ3) is 3.74. The summed E-state index contributed by atoms with van der Waals surface area (Å²) in [6.07, 6.45) is 1.96. The van der Waals surface area contributed by atoms with E-state index in [2.05, 4.69) is 11.5 Å². The molecule has 2 aliphatic heterocycles. The lowest BCUT2D eigenvalue weighted by molar-refractivity contribution is -0.370. The lowest BCUT2D eigenvalue weighted by Gasteiger charge is -2.71. The van der Waals surface area contributed by atoms with Gasteiger partial charge in [0.25, 0.3) is 0 Å². The minimum atomic E-state index is -2.19. The summed E-state index contributed by atoms with van der Waals surface area (Å²) >= 11 is 0. The van der Waals surface area contributed by atoms with Crippen molar-refractivity contribution in [1.29, 1.82) is 0 Å². The number of fused-ring (bicyclic) bond motifs is 3. The van der Waals surface area contributed by atoms with E-state index >= 15 is 0 Å². The van der Waals surface area contributed by atoms with Gasteiger partial charge in [0.05, 0.1) is 18.2 Å². The fourth-order valence-corrected chi connectivity index (χ4v) is 7.97. The normalized spacial score (nSPS) is 47.9. The van der Waals surface area contributed by atoms with E-state index in [1.54, 1.807) is 13.8 Å². The number of esters is 1. The second-order valence-electron chi connectivity index (χ2n) is 12.6. The number of nitrogens with zero attached hydrogens (tertiary/aromatic N) is 1. The van der Waals surface area contributed by atoms with Crippen LogP contribution >= 0.6 is 0 Å². The Bertz CT molecular complexity index is 885. The Kier molecular flexibility index (Phi) is 6.59. The molecule has 0 aromatic carbocycles. The molecule has 8 nitrogen and oxygen atoms in total. The summed E-state index contributed by atoms with van der Waals surface area (Å²) in [5, 5.41) is 35.3. The Labute approximate surface area is 208 Å². The van der Waals surface area contributed by atoms with Crippen LogP contribution in [0.3, 0.4) is 0 Å². The first-order chi connectivity index (χ1) is 16.2. The van der Waals surface area contributed by atoms with Gasteiger partial charge in [-0.1, -0.05) is 33.3 Å². The monoisotopic (exact) mass is 493 g/mol. The zero-order valence-corrected chi connectivity index (χ0v) is 21.9. The fraction of sp³-hybridized carbons (Fsp3) is 0.852. The molecular formula is C27H43NO7. The number of ketones is 1. The minimum Gasteiger partial charge on any atom is -0.461 e. The molecule has 4 rings (SSSR count). The van der Waals surface area contributed by atoms with Gasteiger partial charge in [-0.25, -0.2) is 0 Å². The zero-order valence-electron chi connectivity index (χ0n) is 21.9. The molecule has 0 amide bonds. The number of ether oxygens (including phenoxy) is 2. The van der Waals surface area contributed by atoms with Crippen LogP contribution in [0, 0.1) is 16.7 Å². The Balaban J connectivity index is 1.77. The van der Waals surface area contributed by atoms with Crippen molar-refractivity contribution in [1.82, 2.24) is 4.90 Å². The van der Waals surface area contributed by atoms with Crippen LogP contribution in [0.15, 0.2) is 12.7 Å². The number of aliphatic hydroxyl groups excluding tert-OH is 2. The van der Waals surface area contributed by atoms with Crippen LogP contribution in [0.1, 0.15) is 73.1 Å². The molecule has 0 radical (unpaired) electrons. The molecule has 35 heavy (non-hydrogen) atoms. The van der Waals surface area contributed by atoms with E-state index in [1.165, 1.54) is 13.0 Å². The Morgan fingerprint density at radius 2 is 1.80 bits per heavy atom. The van der Waals surface area contributed by atoms with Crippen molar-refractivity contribution in [3.05, 3.63) is 12.7 Å². The minimum absolute atomic E-state index is 0.136. The summed E-state index contributed by atoms with van der Waals surface area (Å²) in [6, 6.07) is 0. The molecule has 8 heteroatoms. The second kappa shape index (κ2) is 8.62. The summed E-state index contributed by atoms with van der Waals surface area (Å²) in [7, 11) is 0. The van der Waals surface area contributed by atoms with Crippen molar-refractivity contribution in [2.24, 2.45) is 16.7 Å². The molecule has 2 saturated heterocycles. The van der Waals surface area contributed by atoms with Gasteiger partial charge in [-0.2, -0.15) is 0 Å². The van der Waals surface area contributed by atoms with Crippen molar-refractivity contribution in [3.63, 3.8) is 0 Å². The average molecular weight is 494 g/mol. The van der Waals surface area contributed by atoms with E-state index < -0.39 is 63.6 Å². The van der Waals surface area contributed by atoms with E-state index in [0.29, 0.717) is 12.8 Å². The summed E-state index contributed by atoms with van der Waals surface area (Å²) in [6.45, 7) is 14.4. The van der Waals surface area contributed by atoms with Gasteiger partial charge in [-0.3, -0.25) is 14.5 Å². The first kappa shape index (κ1) is 26.7. The highest BCUT2D eigenvalue weighted by Crippen LogP contribution is 2.67. The second-order valence-corrected chi connectivity index (χ2v) is 12.6. The molecule has 198 valence electrons. The standard InChI is InChI=1S/C27H43NO7/c1-7-24(4)15-17(29)27(33)25(5)18(34-19(30)16-28-13-9-8-10-14-28)11-12-23(2,3)21(25)20(31)22(32)26(27,6)35-24/h7,18,20-22,31-33H,1,8-16H2,2-6H3/t18-,20-,21-,22-,24-,25-,26+,27-/m0/s1. The highest BCUT2D eigenvalue weighted by molar-refractivity contribution is 5.92. The molecule has 0 aromatic heterocycles. The van der Waals surface area contributed by atoms with Gasteiger partial charge in [0.1, 0.15) is 17.8 Å². The number of carbonyl (C=O) groups excluding carboxylic acids is 2. The van der Waals surface area contributed by atoms with Crippen molar-refractivity contribution in [3.8, 4) is 0 Å². The molecule has 2 heterocycles. The Morgan fingerprint density at radius 1 is 1.17 bits per heavy atom. The number of rotatable bonds is 4. The van der Waals surface area contributed by atoms with Crippen LogP contribution in [-0.4, -0.2) is 86.7 Å². The number of likely N-dealkylation sites (tertiary alicyclic amines) is 1. The Morgan fingerprint density at radius 3 is 2.40 bits per heavy atom. The van der Waals surface area contributed by atoms with Crippen LogP contribution in [0.2, 0.25) is 0 Å². The van der Waals surface area contributed by atoms with E-state index in [9.17, 15) is 24.9 Å². The maximum Gasteiger partial charge on any atom is 0.320 e. The lowest BCUT2D eigenvalue weighted by atomic mass is 9.40. The Hall–Kier alpha value is -1.32. The first-order valence-corrected chi connectivity index (χ1v) is 13.0. The third-order valence-electron chi connectivity index (χ3n) is 9.80. The molecule has 2 aliphatic carbocycles. The largest absolute Gasteiger partial charge is 0.461 e. The molecule has 8 atom stereocenters. The van der Waals surface area contributed by atoms with Crippen molar-refractivity contribution < 1.29 is 34.4 Å². The molecule has 0 unspecified atom stereocenters. The average Bonchev–Trinajstić information content (AvgIpc) is 2.78. The lowest BCUT2D eigenvalue weighted by Crippen LogP contribution is -2.86. The van der Waals surface area contributed by atoms with Gasteiger partial charge in [0.15, 0.2) is 11.4 Å². The van der Waals surface area contributed by atoms with E-state index in [0.717, 1.165) is 32.4 Å². The van der Waals surface area contributed by atoms with Gasteiger partial charge in [-0.15, -0.1) is 6.58 Å². The van der Waals surface area contributed by atoms with E-state index in [-0.39, 0.29) is 13.0 Å². The van der Waals surface area contributed by atoms with E-state index in [1.807, 2.05) is 13.8 Å². The number of carbonyl (C=O) groups is 2. The summed E-state index contributed by atoms with van der Waals surface area (Å²) in [4.78, 5) is 29.0. The number of hydrogen-bond donors (Lipinski definition) is 3. The topological polar surface area (TPSA) is 117 Å². The first-order valence-electron chi connectivity index (χ1n) is 13.0. The smallest absolute Gasteiger partial charge is 0.320 e. The zero-order chi connectivity index (χ0) is 26.0. The predicted molar refractivity (Wildman–Crippen MR) is 129 cm³/mol. The van der Waals surface area contributed by atoms with Crippen LogP contribution in [0.5, 0.6) is 0 Å². The SMILES string of the molecule is C=C[C@@]1(C)CC(=O)[C@]2(O)[C@@]3(C)[C@@H](OC(=O)CN4CCCCC4)CCC(C)(C)[C@@H]3[C@H](O)[C@H](O)[C@@]2(C)O1. The molecular weight excluding hydrogens is 450 g/mol. The quantitative estimate of drug-likeness (QED) is 0.402. The third-order valence-corrected chi connectivity index (χ3v) is 9.80. The number of piperidine rings is 1. The summed E-state index contributed by atoms with van der Waals surface area (Å²) in [5.41, 5.74) is -7.08. The van der Waals surface area contributed by atoms with Gasteiger partial charge in [0.2, 0.25) is 0 Å². The molecule has 0 aromatic rings. The van der Waals surface area contributed by atoms with Crippen LogP contribution < -0.4 is 0 Å². The molecule has 4 aliphatic rings.